The van der Waals surface area contributed by atoms with Crippen molar-refractivity contribution in [2.24, 2.45) is 0 Å². The summed E-state index contributed by atoms with van der Waals surface area (Å²) in [4.78, 5) is 16.5. The number of thiazole rings is 1. The largest absolute Gasteiger partial charge is 0.497 e. The molecule has 146 valence electrons. The van der Waals surface area contributed by atoms with Gasteiger partial charge in [-0.2, -0.15) is 0 Å². The molecule has 29 heavy (non-hydrogen) atoms. The van der Waals surface area contributed by atoms with Gasteiger partial charge < -0.3 is 13.9 Å². The van der Waals surface area contributed by atoms with Crippen molar-refractivity contribution in [3.8, 4) is 39.1 Å². The highest BCUT2D eigenvalue weighted by Gasteiger charge is 2.13. The van der Waals surface area contributed by atoms with E-state index in [0.29, 0.717) is 17.9 Å². The van der Waals surface area contributed by atoms with Crippen LogP contribution in [0.25, 0.3) is 33.3 Å². The molecule has 0 saturated heterocycles. The Bertz CT molecular complexity index is 1110. The standard InChI is InChI=1S/C23H19NO4S/c1-3-27-23(25)17-6-4-16(5-7-17)20-12-13-21(28-20)22-24-19(14-29-22)15-8-10-18(26-2)11-9-15/h4-14H,3H2,1-2H3. The number of hydrogen-bond donors (Lipinski definition) is 0. The van der Waals surface area contributed by atoms with E-state index in [2.05, 4.69) is 0 Å². The molecule has 6 heteroatoms. The van der Waals surface area contributed by atoms with Gasteiger partial charge in [0.25, 0.3) is 0 Å². The molecule has 2 heterocycles. The van der Waals surface area contributed by atoms with Gasteiger partial charge in [-0.25, -0.2) is 9.78 Å². The fourth-order valence-electron chi connectivity index (χ4n) is 2.87. The minimum absolute atomic E-state index is 0.326. The summed E-state index contributed by atoms with van der Waals surface area (Å²) < 4.78 is 16.2. The van der Waals surface area contributed by atoms with Crippen molar-refractivity contribution in [3.63, 3.8) is 0 Å². The molecule has 4 aromatic rings. The summed E-state index contributed by atoms with van der Waals surface area (Å²) in [6.45, 7) is 2.14. The van der Waals surface area contributed by atoms with Crippen LogP contribution in [0.2, 0.25) is 0 Å². The fourth-order valence-corrected chi connectivity index (χ4v) is 3.66. The highest BCUT2D eigenvalue weighted by atomic mass is 32.1. The lowest BCUT2D eigenvalue weighted by Gasteiger charge is -2.02. The molecule has 0 saturated carbocycles. The number of carbonyl (C=O) groups excluding carboxylic acids is 1. The molecule has 2 aromatic heterocycles. The predicted octanol–water partition coefficient (Wildman–Crippen LogP) is 5.92. The lowest BCUT2D eigenvalue weighted by Crippen LogP contribution is -2.03. The van der Waals surface area contributed by atoms with Crippen LogP contribution < -0.4 is 4.74 Å². The molecule has 0 N–H and O–H groups in total. The van der Waals surface area contributed by atoms with Gasteiger partial charge in [0.1, 0.15) is 11.5 Å². The third-order valence-electron chi connectivity index (χ3n) is 4.39. The zero-order valence-electron chi connectivity index (χ0n) is 16.0. The number of benzene rings is 2. The van der Waals surface area contributed by atoms with Crippen LogP contribution in [0.4, 0.5) is 0 Å². The Balaban J connectivity index is 1.53. The van der Waals surface area contributed by atoms with Gasteiger partial charge in [-0.3, -0.25) is 0 Å². The SMILES string of the molecule is CCOC(=O)c1ccc(-c2ccc(-c3nc(-c4ccc(OC)cc4)cs3)o2)cc1. The average molecular weight is 405 g/mol. The van der Waals surface area contributed by atoms with Crippen LogP contribution in [-0.4, -0.2) is 24.7 Å². The van der Waals surface area contributed by atoms with Crippen LogP contribution in [0.5, 0.6) is 5.75 Å². The van der Waals surface area contributed by atoms with E-state index in [0.717, 1.165) is 33.3 Å². The van der Waals surface area contributed by atoms with Crippen LogP contribution in [0.1, 0.15) is 17.3 Å². The van der Waals surface area contributed by atoms with E-state index in [4.69, 9.17) is 18.9 Å². The maximum Gasteiger partial charge on any atom is 0.338 e. The second-order valence-corrected chi connectivity index (χ2v) is 7.09. The molecular weight excluding hydrogens is 386 g/mol. The molecule has 5 nitrogen and oxygen atoms in total. The fraction of sp³-hybridized carbons (Fsp3) is 0.130. The van der Waals surface area contributed by atoms with Crippen molar-refractivity contribution in [1.82, 2.24) is 4.98 Å². The van der Waals surface area contributed by atoms with Crippen LogP contribution in [0.15, 0.2) is 70.5 Å². The normalized spacial score (nSPS) is 10.7. The Labute approximate surface area is 172 Å². The zero-order chi connectivity index (χ0) is 20.2. The highest BCUT2D eigenvalue weighted by Crippen LogP contribution is 2.33. The van der Waals surface area contributed by atoms with E-state index in [1.54, 1.807) is 26.2 Å². The van der Waals surface area contributed by atoms with E-state index in [9.17, 15) is 4.79 Å². The second-order valence-electron chi connectivity index (χ2n) is 6.23. The monoisotopic (exact) mass is 405 g/mol. The summed E-state index contributed by atoms with van der Waals surface area (Å²) in [5.41, 5.74) is 3.32. The molecule has 0 spiro atoms. The maximum absolute atomic E-state index is 11.8. The van der Waals surface area contributed by atoms with Crippen molar-refractivity contribution in [1.29, 1.82) is 0 Å². The molecule has 2 aromatic carbocycles. The van der Waals surface area contributed by atoms with Crippen molar-refractivity contribution in [2.45, 2.75) is 6.92 Å². The van der Waals surface area contributed by atoms with Crippen LogP contribution >= 0.6 is 11.3 Å². The first-order valence-corrected chi connectivity index (χ1v) is 10.0. The second kappa shape index (κ2) is 8.32. The number of hydrogen-bond acceptors (Lipinski definition) is 6. The minimum Gasteiger partial charge on any atom is -0.497 e. The van der Waals surface area contributed by atoms with Gasteiger partial charge in [0.15, 0.2) is 10.8 Å². The van der Waals surface area contributed by atoms with Crippen molar-refractivity contribution < 1.29 is 18.7 Å². The van der Waals surface area contributed by atoms with Crippen LogP contribution in [-0.2, 0) is 4.74 Å². The average Bonchev–Trinajstić information content (AvgIpc) is 3.44. The summed E-state index contributed by atoms with van der Waals surface area (Å²) in [6.07, 6.45) is 0. The van der Waals surface area contributed by atoms with Crippen molar-refractivity contribution in [3.05, 3.63) is 71.6 Å². The number of esters is 1. The van der Waals surface area contributed by atoms with Crippen LogP contribution in [0, 0.1) is 0 Å². The topological polar surface area (TPSA) is 61.6 Å². The summed E-state index contributed by atoms with van der Waals surface area (Å²) in [5.74, 6) is 1.91. The number of carbonyl (C=O) groups is 1. The van der Waals surface area contributed by atoms with E-state index in [1.165, 1.54) is 11.3 Å². The van der Waals surface area contributed by atoms with E-state index >= 15 is 0 Å². The molecule has 0 aliphatic carbocycles. The first-order valence-electron chi connectivity index (χ1n) is 9.15. The minimum atomic E-state index is -0.326. The third kappa shape index (κ3) is 4.07. The summed E-state index contributed by atoms with van der Waals surface area (Å²) in [5, 5.41) is 2.82. The quantitative estimate of drug-likeness (QED) is 0.373. The first kappa shape index (κ1) is 19.0. The Hall–Kier alpha value is -3.38. The molecule has 0 aliphatic rings. The smallest absolute Gasteiger partial charge is 0.338 e. The Morgan fingerprint density at radius 1 is 0.966 bits per heavy atom. The van der Waals surface area contributed by atoms with Crippen molar-refractivity contribution >= 4 is 17.3 Å². The van der Waals surface area contributed by atoms with Crippen molar-refractivity contribution in [2.75, 3.05) is 13.7 Å². The van der Waals surface area contributed by atoms with E-state index < -0.39 is 0 Å². The highest BCUT2D eigenvalue weighted by molar-refractivity contribution is 7.13. The Morgan fingerprint density at radius 2 is 1.66 bits per heavy atom. The number of ether oxygens (including phenoxy) is 2. The number of methoxy groups -OCH3 is 1. The lowest BCUT2D eigenvalue weighted by molar-refractivity contribution is 0.0526. The predicted molar refractivity (Wildman–Crippen MR) is 113 cm³/mol. The third-order valence-corrected chi connectivity index (χ3v) is 5.24. The van der Waals surface area contributed by atoms with Gasteiger partial charge in [0.05, 0.1) is 25.0 Å². The maximum atomic E-state index is 11.8. The number of nitrogens with zero attached hydrogens (tertiary/aromatic N) is 1. The molecule has 4 rings (SSSR count). The molecule has 0 unspecified atom stereocenters. The van der Waals surface area contributed by atoms with Gasteiger partial charge in [0, 0.05) is 16.5 Å². The van der Waals surface area contributed by atoms with Gasteiger partial charge >= 0.3 is 5.97 Å². The molecule has 0 fully saturated rings. The van der Waals surface area contributed by atoms with Gasteiger partial charge in [-0.05, 0) is 55.5 Å². The van der Waals surface area contributed by atoms with Gasteiger partial charge in [-0.1, -0.05) is 12.1 Å². The Kier molecular flexibility index (Phi) is 5.44. The van der Waals surface area contributed by atoms with Gasteiger partial charge in [-0.15, -0.1) is 11.3 Å². The summed E-state index contributed by atoms with van der Waals surface area (Å²) in [6, 6.07) is 18.8. The molecule has 0 atom stereocenters. The lowest BCUT2D eigenvalue weighted by atomic mass is 10.1. The molecule has 0 amide bonds. The van der Waals surface area contributed by atoms with E-state index in [-0.39, 0.29) is 5.97 Å². The van der Waals surface area contributed by atoms with Crippen LogP contribution in [0.3, 0.4) is 0 Å². The van der Waals surface area contributed by atoms with E-state index in [1.807, 2.05) is 53.9 Å². The first-order chi connectivity index (χ1) is 14.2. The molecule has 0 bridgehead atoms. The molecule has 0 aliphatic heterocycles. The Morgan fingerprint density at radius 3 is 2.34 bits per heavy atom. The molecular formula is C23H19NO4S. The number of aromatic nitrogens is 1. The summed E-state index contributed by atoms with van der Waals surface area (Å²) >= 11 is 1.53. The summed E-state index contributed by atoms with van der Waals surface area (Å²) in [7, 11) is 1.65. The van der Waals surface area contributed by atoms with Gasteiger partial charge in [0.2, 0.25) is 0 Å². The number of rotatable bonds is 6. The molecule has 0 radical (unpaired) electrons. The zero-order valence-corrected chi connectivity index (χ0v) is 16.9. The number of furan rings is 1.